The first-order valence-electron chi connectivity index (χ1n) is 8.65. The molecule has 0 bridgehead atoms. The van der Waals surface area contributed by atoms with Crippen LogP contribution in [0.2, 0.25) is 0 Å². The molecule has 7 heteroatoms. The van der Waals surface area contributed by atoms with Gasteiger partial charge >= 0.3 is 0 Å². The lowest BCUT2D eigenvalue weighted by Gasteiger charge is -2.36. The van der Waals surface area contributed by atoms with Crippen molar-refractivity contribution in [3.63, 3.8) is 0 Å². The van der Waals surface area contributed by atoms with Crippen molar-refractivity contribution < 1.29 is 9.18 Å². The van der Waals surface area contributed by atoms with E-state index in [0.717, 1.165) is 63.1 Å². The van der Waals surface area contributed by atoms with Crippen LogP contribution in [0, 0.1) is 18.7 Å². The summed E-state index contributed by atoms with van der Waals surface area (Å²) in [7, 11) is 0. The van der Waals surface area contributed by atoms with Gasteiger partial charge in [0.15, 0.2) is 0 Å². The Morgan fingerprint density at radius 2 is 2.08 bits per heavy atom. The summed E-state index contributed by atoms with van der Waals surface area (Å²) in [4.78, 5) is 14.7. The Hall–Kier alpha value is -1.04. The second kappa shape index (κ2) is 10.2. The van der Waals surface area contributed by atoms with Gasteiger partial charge < -0.3 is 15.5 Å². The minimum absolute atomic E-state index is 0. The van der Waals surface area contributed by atoms with Crippen molar-refractivity contribution in [3.05, 3.63) is 29.6 Å². The number of carbonyl (C=O) groups excluding carboxylic acids is 1. The number of hydrogen-bond donors (Lipinski definition) is 2. The van der Waals surface area contributed by atoms with Gasteiger partial charge in [-0.1, -0.05) is 0 Å². The topological polar surface area (TPSA) is 44.4 Å². The van der Waals surface area contributed by atoms with Crippen LogP contribution >= 0.6 is 24.8 Å². The molecule has 0 saturated carbocycles. The van der Waals surface area contributed by atoms with Gasteiger partial charge in [0, 0.05) is 31.4 Å². The number of aryl methyl sites for hydroxylation is 1. The highest BCUT2D eigenvalue weighted by atomic mass is 35.5. The van der Waals surface area contributed by atoms with Gasteiger partial charge in [-0.2, -0.15) is 0 Å². The maximum Gasteiger partial charge on any atom is 0.224 e. The normalized spacial score (nSPS) is 23.2. The summed E-state index contributed by atoms with van der Waals surface area (Å²) in [5.74, 6) is 0.0875. The van der Waals surface area contributed by atoms with Gasteiger partial charge in [0.2, 0.25) is 5.91 Å². The number of nitrogens with zero attached hydrogens (tertiary/aromatic N) is 1. The van der Waals surface area contributed by atoms with Crippen LogP contribution in [-0.2, 0) is 4.79 Å². The molecule has 1 aromatic carbocycles. The zero-order chi connectivity index (χ0) is 16.2. The number of carbonyl (C=O) groups is 1. The number of nitrogens with one attached hydrogen (secondary N) is 2. The molecule has 2 fully saturated rings. The monoisotopic (exact) mass is 391 g/mol. The lowest BCUT2D eigenvalue weighted by molar-refractivity contribution is -0.126. The van der Waals surface area contributed by atoms with Gasteiger partial charge in [0.25, 0.3) is 0 Å². The van der Waals surface area contributed by atoms with Gasteiger partial charge in [-0.15, -0.1) is 24.8 Å². The van der Waals surface area contributed by atoms with Crippen molar-refractivity contribution in [2.24, 2.45) is 5.92 Å². The van der Waals surface area contributed by atoms with Crippen molar-refractivity contribution in [1.82, 2.24) is 10.6 Å². The summed E-state index contributed by atoms with van der Waals surface area (Å²) in [5, 5.41) is 6.52. The van der Waals surface area contributed by atoms with Crippen LogP contribution in [0.5, 0.6) is 0 Å². The number of amides is 1. The fourth-order valence-corrected chi connectivity index (χ4v) is 3.68. The van der Waals surface area contributed by atoms with E-state index in [1.165, 1.54) is 6.07 Å². The van der Waals surface area contributed by atoms with E-state index in [1.54, 1.807) is 6.07 Å². The first kappa shape index (κ1) is 22.0. The van der Waals surface area contributed by atoms with Crippen LogP contribution in [0.15, 0.2) is 18.2 Å². The molecule has 1 amide bonds. The minimum Gasteiger partial charge on any atom is -0.369 e. The molecule has 0 radical (unpaired) electrons. The molecule has 2 heterocycles. The van der Waals surface area contributed by atoms with Crippen LogP contribution in [0.1, 0.15) is 31.2 Å². The van der Waals surface area contributed by atoms with Crippen molar-refractivity contribution in [2.45, 2.75) is 38.6 Å². The van der Waals surface area contributed by atoms with Crippen molar-refractivity contribution in [3.8, 4) is 0 Å². The molecule has 0 aliphatic carbocycles. The summed E-state index contributed by atoms with van der Waals surface area (Å²) in [6, 6.07) is 5.12. The molecule has 2 N–H and O–H groups in total. The maximum absolute atomic E-state index is 13.3. The lowest BCUT2D eigenvalue weighted by Crippen LogP contribution is -2.51. The Kier molecular flexibility index (Phi) is 8.97. The summed E-state index contributed by atoms with van der Waals surface area (Å²) in [6.45, 7) is 5.51. The molecule has 25 heavy (non-hydrogen) atoms. The molecular formula is C18H28Cl2FN3O. The molecule has 2 unspecified atom stereocenters. The molecule has 1 aromatic rings. The number of benzene rings is 1. The Balaban J connectivity index is 0.00000156. The van der Waals surface area contributed by atoms with E-state index in [9.17, 15) is 9.18 Å². The third kappa shape index (κ3) is 5.73. The summed E-state index contributed by atoms with van der Waals surface area (Å²) >= 11 is 0. The van der Waals surface area contributed by atoms with Gasteiger partial charge in [-0.25, -0.2) is 4.39 Å². The molecule has 0 spiro atoms. The Morgan fingerprint density at radius 1 is 1.28 bits per heavy atom. The van der Waals surface area contributed by atoms with E-state index in [4.69, 9.17) is 0 Å². The van der Waals surface area contributed by atoms with Crippen LogP contribution in [0.25, 0.3) is 0 Å². The highest BCUT2D eigenvalue weighted by Gasteiger charge is 2.26. The molecule has 142 valence electrons. The first-order chi connectivity index (χ1) is 11.1. The third-order valence-electron chi connectivity index (χ3n) is 4.93. The van der Waals surface area contributed by atoms with Crippen LogP contribution in [0.3, 0.4) is 0 Å². The number of rotatable bonds is 3. The van der Waals surface area contributed by atoms with Crippen LogP contribution < -0.4 is 15.5 Å². The van der Waals surface area contributed by atoms with Gasteiger partial charge in [-0.05, 0) is 62.9 Å². The minimum atomic E-state index is -0.196. The number of piperidine rings is 2. The average molecular weight is 392 g/mol. The second-order valence-corrected chi connectivity index (χ2v) is 6.77. The van der Waals surface area contributed by atoms with Crippen molar-refractivity contribution >= 4 is 36.4 Å². The molecule has 2 aliphatic heterocycles. The molecule has 2 atom stereocenters. The predicted octanol–water partition coefficient (Wildman–Crippen LogP) is 3.06. The standard InChI is InChI=1S/C18H26FN3O.2ClH/c1-13-10-15(19)6-7-17(13)22-9-3-5-16(12-22)21-18(23)14-4-2-8-20-11-14;;/h6-7,10,14,16,20H,2-5,8-9,11-12H2,1H3,(H,21,23);2*1H. The van der Waals surface area contributed by atoms with Crippen molar-refractivity contribution in [1.29, 1.82) is 0 Å². The fraction of sp³-hybridized carbons (Fsp3) is 0.611. The molecule has 4 nitrogen and oxygen atoms in total. The first-order valence-corrected chi connectivity index (χ1v) is 8.65. The highest BCUT2D eigenvalue weighted by Crippen LogP contribution is 2.24. The van der Waals surface area contributed by atoms with Gasteiger partial charge in [-0.3, -0.25) is 4.79 Å². The average Bonchev–Trinajstić information content (AvgIpc) is 2.56. The SMILES string of the molecule is Cc1cc(F)ccc1N1CCCC(NC(=O)C2CCCNC2)C1.Cl.Cl. The number of anilines is 1. The smallest absolute Gasteiger partial charge is 0.224 e. The molecule has 3 rings (SSSR count). The lowest BCUT2D eigenvalue weighted by atomic mass is 9.97. The van der Waals surface area contributed by atoms with E-state index >= 15 is 0 Å². The summed E-state index contributed by atoms with van der Waals surface area (Å²) in [5.41, 5.74) is 2.03. The zero-order valence-electron chi connectivity index (χ0n) is 14.6. The number of hydrogen-bond acceptors (Lipinski definition) is 3. The largest absolute Gasteiger partial charge is 0.369 e. The van der Waals surface area contributed by atoms with Crippen LogP contribution in [-0.4, -0.2) is 38.1 Å². The Morgan fingerprint density at radius 3 is 2.76 bits per heavy atom. The molecule has 0 aromatic heterocycles. The fourth-order valence-electron chi connectivity index (χ4n) is 3.68. The Labute approximate surface area is 161 Å². The van der Waals surface area contributed by atoms with Gasteiger partial charge in [0.05, 0.1) is 5.92 Å². The predicted molar refractivity (Wildman–Crippen MR) is 105 cm³/mol. The maximum atomic E-state index is 13.3. The van der Waals surface area contributed by atoms with E-state index in [0.29, 0.717) is 0 Å². The highest BCUT2D eigenvalue weighted by molar-refractivity contribution is 5.85. The molecular weight excluding hydrogens is 364 g/mol. The van der Waals surface area contributed by atoms with Crippen molar-refractivity contribution in [2.75, 3.05) is 31.1 Å². The van der Waals surface area contributed by atoms with E-state index in [2.05, 4.69) is 15.5 Å². The molecule has 2 aliphatic rings. The van der Waals surface area contributed by atoms with E-state index in [1.807, 2.05) is 13.0 Å². The summed E-state index contributed by atoms with van der Waals surface area (Å²) in [6.07, 6.45) is 4.11. The third-order valence-corrected chi connectivity index (χ3v) is 4.93. The van der Waals surface area contributed by atoms with Crippen LogP contribution in [0.4, 0.5) is 10.1 Å². The van der Waals surface area contributed by atoms with E-state index < -0.39 is 0 Å². The quantitative estimate of drug-likeness (QED) is 0.831. The Bertz CT molecular complexity index is 567. The molecule has 2 saturated heterocycles. The summed E-state index contributed by atoms with van der Waals surface area (Å²) < 4.78 is 13.3. The van der Waals surface area contributed by atoms with Gasteiger partial charge in [0.1, 0.15) is 5.82 Å². The van der Waals surface area contributed by atoms with E-state index in [-0.39, 0.29) is 48.5 Å². The zero-order valence-corrected chi connectivity index (χ0v) is 16.2. The second-order valence-electron chi connectivity index (χ2n) is 6.77. The number of halogens is 3.